The van der Waals surface area contributed by atoms with Crippen LogP contribution in [0.5, 0.6) is 5.75 Å². The highest BCUT2D eigenvalue weighted by Gasteiger charge is 2.32. The van der Waals surface area contributed by atoms with Gasteiger partial charge in [0.1, 0.15) is 29.5 Å². The molecule has 2 aromatic rings. The number of ether oxygens (including phenoxy) is 1. The Morgan fingerprint density at radius 2 is 2.00 bits per heavy atom. The summed E-state index contributed by atoms with van der Waals surface area (Å²) >= 11 is 0. The fourth-order valence-electron chi connectivity index (χ4n) is 2.93. The molecule has 5 nitrogen and oxygen atoms in total. The van der Waals surface area contributed by atoms with Gasteiger partial charge < -0.3 is 14.7 Å². The molecule has 6 heteroatoms. The van der Waals surface area contributed by atoms with Crippen LogP contribution < -0.4 is 4.74 Å². The second-order valence-electron chi connectivity index (χ2n) is 6.33. The molecule has 0 bridgehead atoms. The first-order valence-corrected chi connectivity index (χ1v) is 8.37. The Kier molecular flexibility index (Phi) is 5.28. The van der Waals surface area contributed by atoms with E-state index in [2.05, 4.69) is 4.98 Å². The molecule has 1 unspecified atom stereocenters. The summed E-state index contributed by atoms with van der Waals surface area (Å²) in [6.45, 7) is 1.14. The predicted octanol–water partition coefficient (Wildman–Crippen LogP) is 2.66. The summed E-state index contributed by atoms with van der Waals surface area (Å²) in [4.78, 5) is 18.3. The second-order valence-corrected chi connectivity index (χ2v) is 6.33. The standard InChI is InChI=1S/C19H21FN2O3/c20-15-5-7-16(8-6-15)25-14-19(24)9-3-12-22(13-10-19)18(23)17-4-1-2-11-21-17/h1-2,4-8,11,24H,3,9-10,12-14H2. The number of likely N-dealkylation sites (tertiary alicyclic amines) is 1. The van der Waals surface area contributed by atoms with Gasteiger partial charge in [0.2, 0.25) is 0 Å². The van der Waals surface area contributed by atoms with E-state index < -0.39 is 5.60 Å². The summed E-state index contributed by atoms with van der Waals surface area (Å²) in [5.41, 5.74) is -0.594. The molecule has 0 aliphatic carbocycles. The molecule has 1 aliphatic heterocycles. The van der Waals surface area contributed by atoms with Gasteiger partial charge in [0.25, 0.3) is 5.91 Å². The van der Waals surface area contributed by atoms with Crippen molar-refractivity contribution in [2.45, 2.75) is 24.9 Å². The smallest absolute Gasteiger partial charge is 0.272 e. The second kappa shape index (κ2) is 7.61. The van der Waals surface area contributed by atoms with Crippen LogP contribution in [0.2, 0.25) is 0 Å². The largest absolute Gasteiger partial charge is 0.491 e. The molecule has 1 atom stereocenters. The van der Waals surface area contributed by atoms with E-state index in [1.807, 2.05) is 0 Å². The molecule has 1 saturated heterocycles. The minimum Gasteiger partial charge on any atom is -0.491 e. The highest BCUT2D eigenvalue weighted by Crippen LogP contribution is 2.24. The molecule has 0 spiro atoms. The SMILES string of the molecule is O=C(c1ccccn1)N1CCCC(O)(COc2ccc(F)cc2)CC1. The third kappa shape index (κ3) is 4.54. The number of carbonyl (C=O) groups excluding carboxylic acids is 1. The fourth-order valence-corrected chi connectivity index (χ4v) is 2.93. The molecule has 2 heterocycles. The van der Waals surface area contributed by atoms with Crippen molar-refractivity contribution in [3.05, 3.63) is 60.2 Å². The fraction of sp³-hybridized carbons (Fsp3) is 0.368. The van der Waals surface area contributed by atoms with E-state index in [-0.39, 0.29) is 18.3 Å². The van der Waals surface area contributed by atoms with Crippen molar-refractivity contribution in [3.8, 4) is 5.75 Å². The number of aromatic nitrogens is 1. The van der Waals surface area contributed by atoms with Crippen LogP contribution in [0.4, 0.5) is 4.39 Å². The Balaban J connectivity index is 1.58. The molecule has 0 saturated carbocycles. The molecule has 1 N–H and O–H groups in total. The Hall–Kier alpha value is -2.47. The molecule has 1 fully saturated rings. The van der Waals surface area contributed by atoms with Gasteiger partial charge in [-0.25, -0.2) is 4.39 Å². The van der Waals surface area contributed by atoms with Gasteiger partial charge in [-0.05, 0) is 55.7 Å². The van der Waals surface area contributed by atoms with E-state index in [1.165, 1.54) is 24.3 Å². The van der Waals surface area contributed by atoms with Crippen LogP contribution >= 0.6 is 0 Å². The van der Waals surface area contributed by atoms with Gasteiger partial charge in [0, 0.05) is 19.3 Å². The van der Waals surface area contributed by atoms with E-state index in [1.54, 1.807) is 29.3 Å². The molecule has 1 aromatic carbocycles. The number of amides is 1. The maximum absolute atomic E-state index is 12.9. The van der Waals surface area contributed by atoms with Crippen molar-refractivity contribution in [2.24, 2.45) is 0 Å². The van der Waals surface area contributed by atoms with Crippen LogP contribution in [-0.4, -0.2) is 46.2 Å². The van der Waals surface area contributed by atoms with Crippen LogP contribution in [0.1, 0.15) is 29.8 Å². The minimum absolute atomic E-state index is 0.115. The number of halogens is 1. The first-order chi connectivity index (χ1) is 12.1. The summed E-state index contributed by atoms with van der Waals surface area (Å²) in [6.07, 6.45) is 3.24. The quantitative estimate of drug-likeness (QED) is 0.926. The number of hydrogen-bond acceptors (Lipinski definition) is 4. The van der Waals surface area contributed by atoms with Gasteiger partial charge in [-0.2, -0.15) is 0 Å². The summed E-state index contributed by atoms with van der Waals surface area (Å²) < 4.78 is 18.5. The molecule has 1 amide bonds. The Labute approximate surface area is 146 Å². The highest BCUT2D eigenvalue weighted by molar-refractivity contribution is 5.92. The van der Waals surface area contributed by atoms with Crippen LogP contribution in [0, 0.1) is 5.82 Å². The average Bonchev–Trinajstić information content (AvgIpc) is 2.84. The van der Waals surface area contributed by atoms with E-state index in [9.17, 15) is 14.3 Å². The first kappa shape index (κ1) is 17.4. The number of carbonyl (C=O) groups is 1. The van der Waals surface area contributed by atoms with Crippen molar-refractivity contribution < 1.29 is 19.0 Å². The minimum atomic E-state index is -1.01. The first-order valence-electron chi connectivity index (χ1n) is 8.37. The average molecular weight is 344 g/mol. The molecule has 1 aromatic heterocycles. The van der Waals surface area contributed by atoms with Crippen LogP contribution in [0.25, 0.3) is 0 Å². The summed E-state index contributed by atoms with van der Waals surface area (Å²) in [7, 11) is 0. The zero-order chi connectivity index (χ0) is 17.7. The molecular formula is C19H21FN2O3. The molecule has 132 valence electrons. The summed E-state index contributed by atoms with van der Waals surface area (Å²) in [5, 5.41) is 10.8. The van der Waals surface area contributed by atoms with Crippen LogP contribution in [-0.2, 0) is 0 Å². The lowest BCUT2D eigenvalue weighted by Crippen LogP contribution is -2.38. The van der Waals surface area contributed by atoms with E-state index in [0.717, 1.165) is 0 Å². The molecule has 0 radical (unpaired) electrons. The third-order valence-corrected chi connectivity index (χ3v) is 4.41. The van der Waals surface area contributed by atoms with Crippen molar-refractivity contribution in [3.63, 3.8) is 0 Å². The van der Waals surface area contributed by atoms with Crippen molar-refractivity contribution >= 4 is 5.91 Å². The Morgan fingerprint density at radius 3 is 2.72 bits per heavy atom. The number of pyridine rings is 1. The number of nitrogens with zero attached hydrogens (tertiary/aromatic N) is 2. The zero-order valence-electron chi connectivity index (χ0n) is 13.9. The molecule has 3 rings (SSSR count). The lowest BCUT2D eigenvalue weighted by molar-refractivity contribution is -0.0163. The maximum atomic E-state index is 12.9. The number of rotatable bonds is 4. The molecular weight excluding hydrogens is 323 g/mol. The van der Waals surface area contributed by atoms with Crippen molar-refractivity contribution in [2.75, 3.05) is 19.7 Å². The lowest BCUT2D eigenvalue weighted by Gasteiger charge is -2.27. The van der Waals surface area contributed by atoms with E-state index in [4.69, 9.17) is 4.74 Å². The molecule has 25 heavy (non-hydrogen) atoms. The van der Waals surface area contributed by atoms with Crippen LogP contribution in [0.15, 0.2) is 48.7 Å². The van der Waals surface area contributed by atoms with Gasteiger partial charge in [0.15, 0.2) is 0 Å². The number of benzene rings is 1. The zero-order valence-corrected chi connectivity index (χ0v) is 13.9. The van der Waals surface area contributed by atoms with Gasteiger partial charge in [-0.3, -0.25) is 9.78 Å². The van der Waals surface area contributed by atoms with Gasteiger partial charge in [-0.1, -0.05) is 6.07 Å². The van der Waals surface area contributed by atoms with Gasteiger partial charge >= 0.3 is 0 Å². The molecule has 1 aliphatic rings. The highest BCUT2D eigenvalue weighted by atomic mass is 19.1. The third-order valence-electron chi connectivity index (χ3n) is 4.41. The van der Waals surface area contributed by atoms with E-state index in [0.29, 0.717) is 43.8 Å². The van der Waals surface area contributed by atoms with Crippen LogP contribution in [0.3, 0.4) is 0 Å². The summed E-state index contributed by atoms with van der Waals surface area (Å²) in [5.74, 6) is 0.0639. The topological polar surface area (TPSA) is 62.7 Å². The number of hydrogen-bond donors (Lipinski definition) is 1. The Morgan fingerprint density at radius 1 is 1.20 bits per heavy atom. The number of aliphatic hydroxyl groups is 1. The Bertz CT molecular complexity index is 708. The predicted molar refractivity (Wildman–Crippen MR) is 90.8 cm³/mol. The van der Waals surface area contributed by atoms with E-state index >= 15 is 0 Å². The van der Waals surface area contributed by atoms with Crippen molar-refractivity contribution in [1.29, 1.82) is 0 Å². The monoisotopic (exact) mass is 344 g/mol. The van der Waals surface area contributed by atoms with Gasteiger partial charge in [0.05, 0.1) is 0 Å². The summed E-state index contributed by atoms with van der Waals surface area (Å²) in [6, 6.07) is 10.9. The van der Waals surface area contributed by atoms with Crippen molar-refractivity contribution in [1.82, 2.24) is 9.88 Å². The lowest BCUT2D eigenvalue weighted by atomic mass is 9.96. The maximum Gasteiger partial charge on any atom is 0.272 e. The van der Waals surface area contributed by atoms with Gasteiger partial charge in [-0.15, -0.1) is 0 Å². The normalized spacial score (nSPS) is 20.8.